The van der Waals surface area contributed by atoms with Crippen LogP contribution in [0.15, 0.2) is 30.7 Å². The largest absolute Gasteiger partial charge is 0.392 e. The number of imidazole rings is 1. The van der Waals surface area contributed by atoms with Gasteiger partial charge in [-0.2, -0.15) is 18.3 Å². The van der Waals surface area contributed by atoms with Crippen LogP contribution in [0.4, 0.5) is 13.2 Å². The number of nitrogens with one attached hydrogen (secondary N) is 1. The fraction of sp³-hybridized carbons (Fsp3) is 0.391. The number of carbonyl (C=O) groups excluding carboxylic acids is 1. The monoisotopic (exact) mass is 484 g/mol. The number of amides is 1. The molecule has 0 aliphatic carbocycles. The average Bonchev–Trinajstić information content (AvgIpc) is 3.42. The van der Waals surface area contributed by atoms with Crippen LogP contribution in [-0.4, -0.2) is 46.2 Å². The van der Waals surface area contributed by atoms with Crippen molar-refractivity contribution >= 4 is 11.7 Å². The number of alkyl halides is 3. The zero-order chi connectivity index (χ0) is 24.7. The molecule has 1 atom stereocenters. The quantitative estimate of drug-likeness (QED) is 0.466. The normalized spacial score (nSPS) is 15.9. The van der Waals surface area contributed by atoms with Gasteiger partial charge < -0.3 is 5.32 Å². The maximum Gasteiger partial charge on any atom is 0.392 e. The molecule has 9 nitrogen and oxygen atoms in total. The summed E-state index contributed by atoms with van der Waals surface area (Å²) in [6.07, 6.45) is 1.26. The lowest BCUT2D eigenvalue weighted by atomic mass is 9.98. The summed E-state index contributed by atoms with van der Waals surface area (Å²) in [7, 11) is 0. The van der Waals surface area contributed by atoms with Crippen molar-refractivity contribution in [1.82, 2.24) is 39.4 Å². The van der Waals surface area contributed by atoms with Crippen molar-refractivity contribution in [2.45, 2.75) is 52.4 Å². The molecular formula is C23H23F3N8O. The number of pyridine rings is 1. The van der Waals surface area contributed by atoms with E-state index in [4.69, 9.17) is 0 Å². The fourth-order valence-electron chi connectivity index (χ4n) is 4.19. The van der Waals surface area contributed by atoms with Crippen LogP contribution in [0.5, 0.6) is 0 Å². The molecular weight excluding hydrogens is 461 g/mol. The lowest BCUT2D eigenvalue weighted by Crippen LogP contribution is -2.31. The van der Waals surface area contributed by atoms with E-state index in [1.165, 1.54) is 4.68 Å². The number of hydrogen-bond donors (Lipinski definition) is 1. The minimum atomic E-state index is -4.23. The van der Waals surface area contributed by atoms with Crippen molar-refractivity contribution in [2.24, 2.45) is 5.92 Å². The highest BCUT2D eigenvalue weighted by molar-refractivity contribution is 5.94. The molecule has 5 heterocycles. The van der Waals surface area contributed by atoms with Gasteiger partial charge in [-0.05, 0) is 37.5 Å². The van der Waals surface area contributed by atoms with E-state index in [1.807, 2.05) is 20.0 Å². The van der Waals surface area contributed by atoms with Gasteiger partial charge in [-0.15, -0.1) is 0 Å². The van der Waals surface area contributed by atoms with E-state index in [-0.39, 0.29) is 31.8 Å². The molecule has 5 rings (SSSR count). The van der Waals surface area contributed by atoms with Crippen LogP contribution in [0.25, 0.3) is 17.2 Å². The number of aromatic nitrogens is 7. The number of carbonyl (C=O) groups is 1. The predicted octanol–water partition coefficient (Wildman–Crippen LogP) is 3.31. The lowest BCUT2D eigenvalue weighted by Gasteiger charge is -2.24. The Labute approximate surface area is 198 Å². The van der Waals surface area contributed by atoms with Crippen LogP contribution in [0.3, 0.4) is 0 Å². The number of hydrogen-bond acceptors (Lipinski definition) is 6. The molecule has 0 fully saturated rings. The van der Waals surface area contributed by atoms with Gasteiger partial charge in [0.15, 0.2) is 5.82 Å². The number of rotatable bonds is 5. The minimum Gasteiger partial charge on any atom is -0.345 e. The maximum atomic E-state index is 13.1. The Morgan fingerprint density at radius 2 is 2.03 bits per heavy atom. The fourth-order valence-corrected chi connectivity index (χ4v) is 4.19. The molecule has 1 amide bonds. The van der Waals surface area contributed by atoms with Crippen LogP contribution in [0.1, 0.15) is 46.6 Å². The smallest absolute Gasteiger partial charge is 0.345 e. The van der Waals surface area contributed by atoms with E-state index in [2.05, 4.69) is 30.4 Å². The van der Waals surface area contributed by atoms with Gasteiger partial charge in [0.2, 0.25) is 5.78 Å². The first-order valence-corrected chi connectivity index (χ1v) is 11.3. The first-order chi connectivity index (χ1) is 16.7. The second-order valence-corrected chi connectivity index (χ2v) is 8.59. The highest BCUT2D eigenvalue weighted by Gasteiger charge is 2.42. The number of aryl methyl sites for hydroxylation is 3. The second-order valence-electron chi connectivity index (χ2n) is 8.59. The van der Waals surface area contributed by atoms with Gasteiger partial charge in [0.25, 0.3) is 5.91 Å². The first-order valence-electron chi connectivity index (χ1n) is 11.3. The lowest BCUT2D eigenvalue weighted by molar-refractivity contribution is -0.179. The first kappa shape index (κ1) is 22.9. The van der Waals surface area contributed by atoms with Crippen LogP contribution >= 0.6 is 0 Å². The predicted molar refractivity (Wildman–Crippen MR) is 119 cm³/mol. The molecule has 35 heavy (non-hydrogen) atoms. The molecule has 0 bridgehead atoms. The summed E-state index contributed by atoms with van der Waals surface area (Å²) in [5, 5.41) is 7.22. The molecule has 1 unspecified atom stereocenters. The Morgan fingerprint density at radius 1 is 1.20 bits per heavy atom. The third kappa shape index (κ3) is 4.47. The highest BCUT2D eigenvalue weighted by atomic mass is 19.4. The van der Waals surface area contributed by atoms with E-state index in [0.29, 0.717) is 46.5 Å². The van der Waals surface area contributed by atoms with Gasteiger partial charge in [-0.3, -0.25) is 14.2 Å². The van der Waals surface area contributed by atoms with Gasteiger partial charge in [0.05, 0.1) is 23.9 Å². The summed E-state index contributed by atoms with van der Waals surface area (Å²) >= 11 is 0. The van der Waals surface area contributed by atoms with Crippen molar-refractivity contribution in [2.75, 3.05) is 0 Å². The topological polar surface area (TPSA) is 103 Å². The summed E-state index contributed by atoms with van der Waals surface area (Å²) in [5.74, 6) is -0.536. The van der Waals surface area contributed by atoms with Crippen molar-refractivity contribution in [3.63, 3.8) is 0 Å². The molecule has 0 saturated carbocycles. The number of fused-ring (bicyclic) bond motifs is 2. The van der Waals surface area contributed by atoms with Crippen molar-refractivity contribution in [3.8, 4) is 11.4 Å². The van der Waals surface area contributed by atoms with Gasteiger partial charge in [0.1, 0.15) is 11.5 Å². The average molecular weight is 484 g/mol. The summed E-state index contributed by atoms with van der Waals surface area (Å²) in [4.78, 5) is 30.3. The molecule has 1 aliphatic heterocycles. The molecule has 0 radical (unpaired) electrons. The molecule has 4 aromatic heterocycles. The molecule has 12 heteroatoms. The maximum absolute atomic E-state index is 13.1. The molecule has 4 aromatic rings. The number of nitrogens with zero attached hydrogens (tertiary/aromatic N) is 7. The molecule has 0 aromatic carbocycles. The molecule has 1 aliphatic rings. The Morgan fingerprint density at radius 3 is 2.74 bits per heavy atom. The number of halogens is 3. The van der Waals surface area contributed by atoms with Gasteiger partial charge in [-0.1, -0.05) is 6.92 Å². The molecule has 1 N–H and O–H groups in total. The van der Waals surface area contributed by atoms with Crippen LogP contribution in [0.2, 0.25) is 0 Å². The van der Waals surface area contributed by atoms with Crippen molar-refractivity contribution in [3.05, 3.63) is 59.2 Å². The Balaban J connectivity index is 1.28. The Bertz CT molecular complexity index is 1390. The Kier molecular flexibility index (Phi) is 5.73. The molecule has 0 saturated heterocycles. The SMILES string of the molecule is CCc1nc2ncc(C)cn2c1C(=O)NCc1ccc(-c2nc3n(n2)CCC(C(F)(F)F)C3)cn1. The van der Waals surface area contributed by atoms with Crippen LogP contribution in [0, 0.1) is 12.8 Å². The molecule has 182 valence electrons. The zero-order valence-electron chi connectivity index (χ0n) is 19.2. The molecule has 0 spiro atoms. The van der Waals surface area contributed by atoms with E-state index >= 15 is 0 Å². The summed E-state index contributed by atoms with van der Waals surface area (Å²) < 4.78 is 42.4. The van der Waals surface area contributed by atoms with Gasteiger partial charge in [0, 0.05) is 37.1 Å². The summed E-state index contributed by atoms with van der Waals surface area (Å²) in [6.45, 7) is 4.19. The summed E-state index contributed by atoms with van der Waals surface area (Å²) in [5.41, 5.74) is 3.23. The van der Waals surface area contributed by atoms with Crippen molar-refractivity contribution < 1.29 is 18.0 Å². The zero-order valence-corrected chi connectivity index (χ0v) is 19.2. The van der Waals surface area contributed by atoms with Gasteiger partial charge >= 0.3 is 6.18 Å². The third-order valence-corrected chi connectivity index (χ3v) is 6.07. The van der Waals surface area contributed by atoms with Crippen molar-refractivity contribution in [1.29, 1.82) is 0 Å². The Hall–Kier alpha value is -3.83. The van der Waals surface area contributed by atoms with Crippen LogP contribution < -0.4 is 5.32 Å². The minimum absolute atomic E-state index is 0.00195. The van der Waals surface area contributed by atoms with E-state index in [1.54, 1.807) is 28.9 Å². The standard InChI is InChI=1S/C23H23F3N8O/c1-3-17-19(33-12-13(2)9-29-22(33)30-17)21(35)28-11-16-5-4-14(10-27-16)20-31-18-8-15(23(24,25)26)6-7-34(18)32-20/h4-5,9-10,12,15H,3,6-8,11H2,1-2H3,(H,28,35). The highest BCUT2D eigenvalue weighted by Crippen LogP contribution is 2.34. The van der Waals surface area contributed by atoms with Gasteiger partial charge in [-0.25, -0.2) is 19.6 Å². The van der Waals surface area contributed by atoms with E-state index in [9.17, 15) is 18.0 Å². The van der Waals surface area contributed by atoms with E-state index < -0.39 is 12.1 Å². The van der Waals surface area contributed by atoms with E-state index in [0.717, 1.165) is 5.56 Å². The van der Waals surface area contributed by atoms with Crippen LogP contribution in [-0.2, 0) is 25.9 Å². The third-order valence-electron chi connectivity index (χ3n) is 6.07. The second kappa shape index (κ2) is 8.75. The summed E-state index contributed by atoms with van der Waals surface area (Å²) in [6, 6.07) is 3.48.